The molecule has 1 aliphatic heterocycles. The monoisotopic (exact) mass is 274 g/mol. The molecule has 104 valence electrons. The third kappa shape index (κ3) is 2.44. The van der Waals surface area contributed by atoms with Gasteiger partial charge in [0.15, 0.2) is 6.29 Å². The van der Waals surface area contributed by atoms with Gasteiger partial charge in [-0.2, -0.15) is 0 Å². The van der Waals surface area contributed by atoms with Crippen molar-refractivity contribution in [2.24, 2.45) is 0 Å². The Morgan fingerprint density at radius 2 is 2.30 bits per heavy atom. The van der Waals surface area contributed by atoms with Crippen molar-refractivity contribution in [3.05, 3.63) is 40.2 Å². The summed E-state index contributed by atoms with van der Waals surface area (Å²) in [6.45, 7) is 1.24. The first-order valence-electron chi connectivity index (χ1n) is 6.53. The van der Waals surface area contributed by atoms with Crippen molar-refractivity contribution in [1.29, 1.82) is 0 Å². The molecule has 1 aromatic heterocycles. The van der Waals surface area contributed by atoms with E-state index in [1.54, 1.807) is 18.2 Å². The van der Waals surface area contributed by atoms with Gasteiger partial charge in [0.05, 0.1) is 17.1 Å². The molecule has 0 spiro atoms. The molecule has 2 heterocycles. The Labute approximate surface area is 115 Å². The summed E-state index contributed by atoms with van der Waals surface area (Å²) in [4.78, 5) is 22.7. The second-order valence-electron chi connectivity index (χ2n) is 4.74. The van der Waals surface area contributed by atoms with E-state index in [1.165, 1.54) is 6.26 Å². The molecule has 3 rings (SSSR count). The van der Waals surface area contributed by atoms with E-state index in [1.807, 2.05) is 0 Å². The Balaban J connectivity index is 1.86. The van der Waals surface area contributed by atoms with Crippen molar-refractivity contribution in [1.82, 2.24) is 0 Å². The van der Waals surface area contributed by atoms with E-state index in [4.69, 9.17) is 13.9 Å². The summed E-state index contributed by atoms with van der Waals surface area (Å²) in [7, 11) is 0. The zero-order chi connectivity index (χ0) is 13.9. The number of fused-ring (bicyclic) bond motifs is 1. The molecule has 2 aromatic rings. The smallest absolute Gasteiger partial charge is 0.203 e. The molecule has 5 nitrogen and oxygen atoms in total. The molecule has 1 atom stereocenters. The largest absolute Gasteiger partial charge is 0.491 e. The molecule has 1 aliphatic rings. The average Bonchev–Trinajstić information content (AvgIpc) is 2.99. The van der Waals surface area contributed by atoms with E-state index < -0.39 is 0 Å². The summed E-state index contributed by atoms with van der Waals surface area (Å²) in [5.41, 5.74) is 0.0997. The predicted octanol–water partition coefficient (Wildman–Crippen LogP) is 2.16. The van der Waals surface area contributed by atoms with Gasteiger partial charge >= 0.3 is 0 Å². The van der Waals surface area contributed by atoms with Crippen LogP contribution in [0.3, 0.4) is 0 Å². The standard InChI is InChI=1S/C15H14O5/c16-7-10-8-20-14-4-3-11(6-13(14)15(10)17)19-9-12-2-1-5-18-12/h3-4,6-8,12H,1-2,5,9H2. The summed E-state index contributed by atoms with van der Waals surface area (Å²) in [6.07, 6.45) is 3.82. The van der Waals surface area contributed by atoms with Gasteiger partial charge in [0, 0.05) is 6.61 Å². The van der Waals surface area contributed by atoms with Crippen LogP contribution in [-0.2, 0) is 4.74 Å². The fraction of sp³-hybridized carbons (Fsp3) is 0.333. The maximum Gasteiger partial charge on any atom is 0.203 e. The summed E-state index contributed by atoms with van der Waals surface area (Å²) in [6, 6.07) is 5.00. The summed E-state index contributed by atoms with van der Waals surface area (Å²) in [5.74, 6) is 0.573. The molecule has 0 bridgehead atoms. The quantitative estimate of drug-likeness (QED) is 0.799. The van der Waals surface area contributed by atoms with Crippen molar-refractivity contribution >= 4 is 17.3 Å². The Morgan fingerprint density at radius 1 is 1.40 bits per heavy atom. The lowest BCUT2D eigenvalue weighted by atomic mass is 10.2. The first-order valence-corrected chi connectivity index (χ1v) is 6.53. The second-order valence-corrected chi connectivity index (χ2v) is 4.74. The highest BCUT2D eigenvalue weighted by Gasteiger charge is 2.16. The number of ether oxygens (including phenoxy) is 2. The molecule has 0 aliphatic carbocycles. The molecule has 5 heteroatoms. The normalized spacial score (nSPS) is 18.3. The van der Waals surface area contributed by atoms with Gasteiger partial charge in [0.25, 0.3) is 0 Å². The average molecular weight is 274 g/mol. The number of carbonyl (C=O) groups excluding carboxylic acids is 1. The van der Waals surface area contributed by atoms with Crippen LogP contribution in [0.2, 0.25) is 0 Å². The fourth-order valence-corrected chi connectivity index (χ4v) is 2.26. The van der Waals surface area contributed by atoms with E-state index >= 15 is 0 Å². The van der Waals surface area contributed by atoms with Crippen LogP contribution in [0.4, 0.5) is 0 Å². The lowest BCUT2D eigenvalue weighted by Gasteiger charge is -2.11. The molecule has 0 N–H and O–H groups in total. The SMILES string of the molecule is O=Cc1coc2ccc(OCC3CCCO3)cc2c1=O. The van der Waals surface area contributed by atoms with E-state index in [2.05, 4.69) is 0 Å². The third-order valence-corrected chi connectivity index (χ3v) is 3.36. The van der Waals surface area contributed by atoms with Crippen molar-refractivity contribution in [3.8, 4) is 5.75 Å². The summed E-state index contributed by atoms with van der Waals surface area (Å²) in [5, 5.41) is 0.347. The number of carbonyl (C=O) groups is 1. The van der Waals surface area contributed by atoms with Gasteiger partial charge in [-0.1, -0.05) is 0 Å². The van der Waals surface area contributed by atoms with Crippen molar-refractivity contribution in [3.63, 3.8) is 0 Å². The van der Waals surface area contributed by atoms with Crippen LogP contribution in [0.1, 0.15) is 23.2 Å². The van der Waals surface area contributed by atoms with Gasteiger partial charge < -0.3 is 13.9 Å². The second kappa shape index (κ2) is 5.46. The van der Waals surface area contributed by atoms with Gasteiger partial charge in [-0.15, -0.1) is 0 Å². The first kappa shape index (κ1) is 12.9. The highest BCUT2D eigenvalue weighted by molar-refractivity contribution is 5.84. The molecule has 1 fully saturated rings. The number of benzene rings is 1. The topological polar surface area (TPSA) is 65.7 Å². The minimum Gasteiger partial charge on any atom is -0.491 e. The van der Waals surface area contributed by atoms with Crippen LogP contribution in [0, 0.1) is 0 Å². The fourth-order valence-electron chi connectivity index (χ4n) is 2.26. The molecule has 20 heavy (non-hydrogen) atoms. The Kier molecular flexibility index (Phi) is 3.52. The summed E-state index contributed by atoms with van der Waals surface area (Å²) >= 11 is 0. The van der Waals surface area contributed by atoms with Gasteiger partial charge in [-0.3, -0.25) is 9.59 Å². The van der Waals surface area contributed by atoms with Crippen LogP contribution < -0.4 is 10.2 Å². The Bertz CT molecular complexity index is 682. The first-order chi connectivity index (χ1) is 9.78. The number of rotatable bonds is 4. The Morgan fingerprint density at radius 3 is 3.05 bits per heavy atom. The molecule has 1 saturated heterocycles. The lowest BCUT2D eigenvalue weighted by molar-refractivity contribution is 0.0680. The molecular weight excluding hydrogens is 260 g/mol. The zero-order valence-electron chi connectivity index (χ0n) is 10.8. The van der Waals surface area contributed by atoms with Crippen molar-refractivity contribution < 1.29 is 18.7 Å². The maximum absolute atomic E-state index is 12.0. The van der Waals surface area contributed by atoms with Gasteiger partial charge in [0.1, 0.15) is 24.2 Å². The highest BCUT2D eigenvalue weighted by Crippen LogP contribution is 2.20. The number of hydrogen-bond acceptors (Lipinski definition) is 5. The van der Waals surface area contributed by atoms with Crippen molar-refractivity contribution in [2.75, 3.05) is 13.2 Å². The minimum absolute atomic E-state index is 0.00813. The van der Waals surface area contributed by atoms with Crippen molar-refractivity contribution in [2.45, 2.75) is 18.9 Å². The van der Waals surface area contributed by atoms with E-state index in [9.17, 15) is 9.59 Å². The number of aldehydes is 1. The van der Waals surface area contributed by atoms with Gasteiger partial charge in [0.2, 0.25) is 5.43 Å². The highest BCUT2D eigenvalue weighted by atomic mass is 16.5. The summed E-state index contributed by atoms with van der Waals surface area (Å²) < 4.78 is 16.3. The molecule has 0 radical (unpaired) electrons. The minimum atomic E-state index is -0.344. The van der Waals surface area contributed by atoms with Gasteiger partial charge in [-0.05, 0) is 31.0 Å². The van der Waals surface area contributed by atoms with Crippen LogP contribution >= 0.6 is 0 Å². The molecule has 1 unspecified atom stereocenters. The van der Waals surface area contributed by atoms with Crippen LogP contribution in [0.15, 0.2) is 33.7 Å². The number of hydrogen-bond donors (Lipinski definition) is 0. The van der Waals surface area contributed by atoms with Crippen LogP contribution in [-0.4, -0.2) is 25.6 Å². The predicted molar refractivity (Wildman–Crippen MR) is 72.3 cm³/mol. The molecule has 0 amide bonds. The van der Waals surface area contributed by atoms with Crippen LogP contribution in [0.5, 0.6) is 5.75 Å². The van der Waals surface area contributed by atoms with E-state index in [-0.39, 0.29) is 17.1 Å². The van der Waals surface area contributed by atoms with E-state index in [0.29, 0.717) is 29.6 Å². The van der Waals surface area contributed by atoms with Crippen LogP contribution in [0.25, 0.3) is 11.0 Å². The molecule has 0 saturated carbocycles. The van der Waals surface area contributed by atoms with Gasteiger partial charge in [-0.25, -0.2) is 0 Å². The molecular formula is C15H14O5. The third-order valence-electron chi connectivity index (χ3n) is 3.36. The van der Waals surface area contributed by atoms with E-state index in [0.717, 1.165) is 19.4 Å². The lowest BCUT2D eigenvalue weighted by Crippen LogP contribution is -2.16. The maximum atomic E-state index is 12.0. The Hall–Kier alpha value is -2.14. The molecule has 1 aromatic carbocycles. The zero-order valence-corrected chi connectivity index (χ0v) is 10.8.